The van der Waals surface area contributed by atoms with Gasteiger partial charge in [-0.1, -0.05) is 12.1 Å². The van der Waals surface area contributed by atoms with E-state index < -0.39 is 0 Å². The first-order chi connectivity index (χ1) is 12.2. The molecule has 0 aliphatic heterocycles. The number of hydrogen-bond donors (Lipinski definition) is 0. The van der Waals surface area contributed by atoms with Crippen molar-refractivity contribution in [1.82, 2.24) is 10.2 Å². The maximum Gasteiger partial charge on any atom is 0.248 e. The fraction of sp³-hybridized carbons (Fsp3) is 0.0556. The summed E-state index contributed by atoms with van der Waals surface area (Å²) < 4.78 is 10.5. The summed E-state index contributed by atoms with van der Waals surface area (Å²) in [5, 5.41) is 7.50. The highest BCUT2D eigenvalue weighted by Crippen LogP contribution is 2.39. The summed E-state index contributed by atoms with van der Waals surface area (Å²) in [7, 11) is 1.41. The lowest BCUT2D eigenvalue weighted by molar-refractivity contribution is 0.111. The lowest BCUT2D eigenvalue weighted by Gasteiger charge is -2.16. The molecular formula is C18H12N2O5. The Bertz CT molecular complexity index is 948. The van der Waals surface area contributed by atoms with Crippen molar-refractivity contribution in [3.63, 3.8) is 0 Å². The van der Waals surface area contributed by atoms with E-state index in [-0.39, 0.29) is 33.9 Å². The predicted molar refractivity (Wildman–Crippen MR) is 87.9 cm³/mol. The van der Waals surface area contributed by atoms with Crippen molar-refractivity contribution in [1.29, 1.82) is 0 Å². The Hall–Kier alpha value is -3.61. The molecule has 0 aliphatic carbocycles. The van der Waals surface area contributed by atoms with Gasteiger partial charge in [-0.05, 0) is 18.2 Å². The van der Waals surface area contributed by atoms with Crippen LogP contribution in [0, 0.1) is 0 Å². The number of hydrogen-bond acceptors (Lipinski definition) is 7. The van der Waals surface area contributed by atoms with E-state index in [9.17, 15) is 14.4 Å². The fourth-order valence-corrected chi connectivity index (χ4v) is 2.71. The molecule has 0 spiro atoms. The molecule has 0 amide bonds. The molecule has 0 saturated carbocycles. The predicted octanol–water partition coefficient (Wildman–Crippen LogP) is 2.85. The van der Waals surface area contributed by atoms with Gasteiger partial charge in [-0.3, -0.25) is 14.4 Å². The summed E-state index contributed by atoms with van der Waals surface area (Å²) in [5.41, 5.74) is 1.72. The molecule has 0 saturated heterocycles. The third-order valence-electron chi connectivity index (χ3n) is 3.77. The van der Waals surface area contributed by atoms with Crippen molar-refractivity contribution in [2.75, 3.05) is 7.11 Å². The molecule has 3 rings (SSSR count). The van der Waals surface area contributed by atoms with Crippen LogP contribution in [0.15, 0.2) is 41.1 Å². The van der Waals surface area contributed by atoms with Crippen molar-refractivity contribution in [3.8, 4) is 28.3 Å². The summed E-state index contributed by atoms with van der Waals surface area (Å²) in [6, 6.07) is 7.93. The molecule has 7 nitrogen and oxygen atoms in total. The van der Waals surface area contributed by atoms with Crippen molar-refractivity contribution in [2.45, 2.75) is 0 Å². The Morgan fingerprint density at radius 2 is 1.72 bits per heavy atom. The normalized spacial score (nSPS) is 10.3. The smallest absolute Gasteiger partial charge is 0.248 e. The number of ether oxygens (including phenoxy) is 1. The summed E-state index contributed by atoms with van der Waals surface area (Å²) in [6.07, 6.45) is 2.98. The third-order valence-corrected chi connectivity index (χ3v) is 3.77. The second-order valence-corrected chi connectivity index (χ2v) is 5.01. The van der Waals surface area contributed by atoms with Crippen LogP contribution in [0.5, 0.6) is 5.75 Å². The van der Waals surface area contributed by atoms with E-state index in [1.54, 1.807) is 18.2 Å². The van der Waals surface area contributed by atoms with Crippen molar-refractivity contribution < 1.29 is 23.5 Å². The van der Waals surface area contributed by atoms with E-state index in [4.69, 9.17) is 9.15 Å². The molecule has 0 atom stereocenters. The van der Waals surface area contributed by atoms with Crippen LogP contribution in [0.25, 0.3) is 22.6 Å². The van der Waals surface area contributed by atoms with E-state index in [0.29, 0.717) is 30.0 Å². The van der Waals surface area contributed by atoms with Gasteiger partial charge in [0, 0.05) is 27.8 Å². The number of aromatic nitrogens is 2. The minimum Gasteiger partial charge on any atom is -0.496 e. The first-order valence-corrected chi connectivity index (χ1v) is 7.21. The highest BCUT2D eigenvalue weighted by Gasteiger charge is 2.23. The maximum absolute atomic E-state index is 11.7. The summed E-state index contributed by atoms with van der Waals surface area (Å²) in [4.78, 5) is 34.9. The van der Waals surface area contributed by atoms with Crippen LogP contribution in [0.3, 0.4) is 0 Å². The Morgan fingerprint density at radius 3 is 2.32 bits per heavy atom. The Kier molecular flexibility index (Phi) is 4.47. The van der Waals surface area contributed by atoms with Crippen LogP contribution >= 0.6 is 0 Å². The molecule has 124 valence electrons. The van der Waals surface area contributed by atoms with Crippen LogP contribution in [0.4, 0.5) is 0 Å². The van der Waals surface area contributed by atoms with Gasteiger partial charge in [0.15, 0.2) is 18.9 Å². The van der Waals surface area contributed by atoms with Gasteiger partial charge < -0.3 is 9.15 Å². The number of nitrogens with zero attached hydrogens (tertiary/aromatic N) is 2. The number of carbonyl (C=O) groups is 3. The number of methoxy groups -OCH3 is 1. The Morgan fingerprint density at radius 1 is 0.960 bits per heavy atom. The first-order valence-electron chi connectivity index (χ1n) is 7.21. The minimum absolute atomic E-state index is 0.155. The zero-order chi connectivity index (χ0) is 17.8. The van der Waals surface area contributed by atoms with Crippen LogP contribution in [-0.2, 0) is 0 Å². The van der Waals surface area contributed by atoms with Gasteiger partial charge in [-0.2, -0.15) is 0 Å². The Balaban J connectivity index is 2.47. The highest BCUT2D eigenvalue weighted by atomic mass is 16.5. The highest BCUT2D eigenvalue weighted by molar-refractivity contribution is 6.06. The molecule has 0 N–H and O–H groups in total. The van der Waals surface area contributed by atoms with Gasteiger partial charge in [0.2, 0.25) is 12.3 Å². The van der Waals surface area contributed by atoms with Crippen molar-refractivity contribution in [3.05, 3.63) is 53.4 Å². The topological polar surface area (TPSA) is 99.4 Å². The Labute approximate surface area is 142 Å². The molecular weight excluding hydrogens is 324 g/mol. The molecule has 7 heteroatoms. The van der Waals surface area contributed by atoms with E-state index in [1.165, 1.54) is 19.2 Å². The molecule has 25 heavy (non-hydrogen) atoms. The molecule has 0 radical (unpaired) electrons. The van der Waals surface area contributed by atoms with E-state index >= 15 is 0 Å². The fourth-order valence-electron chi connectivity index (χ4n) is 2.71. The van der Waals surface area contributed by atoms with Crippen LogP contribution in [0.1, 0.15) is 31.1 Å². The number of rotatable bonds is 6. The average molecular weight is 336 g/mol. The summed E-state index contributed by atoms with van der Waals surface area (Å²) in [5.74, 6) is 0.447. The number of carbonyl (C=O) groups excluding carboxylic acids is 3. The van der Waals surface area contributed by atoms with Crippen molar-refractivity contribution >= 4 is 18.9 Å². The number of aldehydes is 3. The average Bonchev–Trinajstić information content (AvgIpc) is 3.20. The molecule has 3 aromatic rings. The van der Waals surface area contributed by atoms with Crippen LogP contribution in [-0.4, -0.2) is 36.2 Å². The minimum atomic E-state index is 0.155. The third kappa shape index (κ3) is 2.72. The first kappa shape index (κ1) is 16.3. The monoisotopic (exact) mass is 336 g/mol. The van der Waals surface area contributed by atoms with E-state index in [1.807, 2.05) is 0 Å². The second-order valence-electron chi connectivity index (χ2n) is 5.01. The lowest BCUT2D eigenvalue weighted by Crippen LogP contribution is -2.02. The van der Waals surface area contributed by atoms with Gasteiger partial charge >= 0.3 is 0 Å². The van der Waals surface area contributed by atoms with E-state index in [0.717, 1.165) is 6.39 Å². The molecule has 1 aromatic heterocycles. The number of benzene rings is 2. The van der Waals surface area contributed by atoms with Crippen LogP contribution < -0.4 is 4.74 Å². The molecule has 0 fully saturated rings. The molecule has 0 aliphatic rings. The van der Waals surface area contributed by atoms with Gasteiger partial charge in [0.1, 0.15) is 5.75 Å². The SMILES string of the molecule is COc1ccc(C=O)c(-c2c(C=O)cccc2-c2nnco2)c1C=O. The summed E-state index contributed by atoms with van der Waals surface area (Å²) >= 11 is 0. The standard InChI is InChI=1S/C18H12N2O5/c1-24-15-6-5-12(8-22)17(14(15)9-23)16-11(7-21)3-2-4-13(16)18-20-19-10-25-18/h2-10H,1H3. The zero-order valence-corrected chi connectivity index (χ0v) is 13.1. The largest absolute Gasteiger partial charge is 0.496 e. The second kappa shape index (κ2) is 6.88. The summed E-state index contributed by atoms with van der Waals surface area (Å²) in [6.45, 7) is 0. The maximum atomic E-state index is 11.7. The molecule has 0 bridgehead atoms. The van der Waals surface area contributed by atoms with Crippen LogP contribution in [0.2, 0.25) is 0 Å². The van der Waals surface area contributed by atoms with Gasteiger partial charge in [0.05, 0.1) is 12.7 Å². The molecule has 0 unspecified atom stereocenters. The molecule has 2 aromatic carbocycles. The molecule has 1 heterocycles. The lowest BCUT2D eigenvalue weighted by atomic mass is 9.88. The van der Waals surface area contributed by atoms with Gasteiger partial charge in [-0.15, -0.1) is 10.2 Å². The zero-order valence-electron chi connectivity index (χ0n) is 13.1. The quantitative estimate of drug-likeness (QED) is 0.638. The van der Waals surface area contributed by atoms with E-state index in [2.05, 4.69) is 10.2 Å². The van der Waals surface area contributed by atoms with Crippen molar-refractivity contribution in [2.24, 2.45) is 0 Å². The van der Waals surface area contributed by atoms with Gasteiger partial charge in [-0.25, -0.2) is 0 Å². The van der Waals surface area contributed by atoms with Gasteiger partial charge in [0.25, 0.3) is 0 Å².